The second kappa shape index (κ2) is 12.6. The number of carbonyl (C=O) groups is 1. The van der Waals surface area contributed by atoms with Crippen molar-refractivity contribution in [3.63, 3.8) is 0 Å². The summed E-state index contributed by atoms with van der Waals surface area (Å²) in [6.07, 6.45) is 7.56. The van der Waals surface area contributed by atoms with Gasteiger partial charge < -0.3 is 25.0 Å². The van der Waals surface area contributed by atoms with Gasteiger partial charge in [-0.2, -0.15) is 0 Å². The van der Waals surface area contributed by atoms with Gasteiger partial charge in [-0.1, -0.05) is 64.7 Å². The molecule has 25 heavy (non-hydrogen) atoms. The maximum Gasteiger partial charge on any atom is 0.221 e. The summed E-state index contributed by atoms with van der Waals surface area (Å²) in [5.41, 5.74) is 0. The molecule has 0 spiro atoms. The first-order valence-electron chi connectivity index (χ1n) is 9.92. The molecule has 1 aliphatic rings. The molecule has 6 heteroatoms. The van der Waals surface area contributed by atoms with Crippen molar-refractivity contribution in [2.75, 3.05) is 13.2 Å². The molecule has 0 saturated carbocycles. The minimum atomic E-state index is -1.28. The van der Waals surface area contributed by atoms with E-state index < -0.39 is 24.5 Å². The Balaban J connectivity index is 2.20. The molecule has 0 bridgehead atoms. The lowest BCUT2D eigenvalue weighted by atomic mass is 10.0. The molecule has 0 aromatic heterocycles. The van der Waals surface area contributed by atoms with Gasteiger partial charge in [-0.15, -0.1) is 0 Å². The van der Waals surface area contributed by atoms with Gasteiger partial charge in [0.15, 0.2) is 6.23 Å². The first kappa shape index (κ1) is 22.4. The van der Waals surface area contributed by atoms with Crippen LogP contribution in [0.15, 0.2) is 0 Å². The highest BCUT2D eigenvalue weighted by atomic mass is 16.5. The Morgan fingerprint density at radius 2 is 1.44 bits per heavy atom. The van der Waals surface area contributed by atoms with Crippen molar-refractivity contribution in [2.24, 2.45) is 0 Å². The second-order valence-corrected chi connectivity index (χ2v) is 7.17. The number of rotatable bonds is 12. The smallest absolute Gasteiger partial charge is 0.221 e. The highest BCUT2D eigenvalue weighted by Gasteiger charge is 2.41. The van der Waals surface area contributed by atoms with Crippen molar-refractivity contribution in [3.05, 3.63) is 0 Å². The summed E-state index contributed by atoms with van der Waals surface area (Å²) >= 11 is 0. The summed E-state index contributed by atoms with van der Waals surface area (Å²) < 4.78 is 5.38. The monoisotopic (exact) mass is 359 g/mol. The van der Waals surface area contributed by atoms with Crippen LogP contribution < -0.4 is 0 Å². The van der Waals surface area contributed by atoms with Gasteiger partial charge >= 0.3 is 0 Å². The van der Waals surface area contributed by atoms with Gasteiger partial charge in [0, 0.05) is 13.5 Å². The van der Waals surface area contributed by atoms with Crippen molar-refractivity contribution in [1.29, 1.82) is 0 Å². The average Bonchev–Trinajstić information content (AvgIpc) is 2.58. The Morgan fingerprint density at radius 1 is 0.920 bits per heavy atom. The first-order valence-corrected chi connectivity index (χ1v) is 9.92. The molecule has 0 aliphatic carbocycles. The standard InChI is InChI=1S/C19H37NO5/c1-3-4-5-6-7-8-9-10-11-12-13-20(15(2)21)19-18(24)17(23)16(22)14-25-19/h16-19,22-24H,3-14H2,1-2H3/t16-,17+,18-,19?/m1/s1. The molecule has 148 valence electrons. The van der Waals surface area contributed by atoms with E-state index in [1.165, 1.54) is 56.8 Å². The number of ether oxygens (including phenoxy) is 1. The van der Waals surface area contributed by atoms with Gasteiger partial charge in [0.05, 0.1) is 6.61 Å². The van der Waals surface area contributed by atoms with Crippen LogP contribution in [0.2, 0.25) is 0 Å². The van der Waals surface area contributed by atoms with Gasteiger partial charge in [0.1, 0.15) is 18.3 Å². The molecule has 0 aromatic carbocycles. The van der Waals surface area contributed by atoms with Gasteiger partial charge in [0.25, 0.3) is 0 Å². The van der Waals surface area contributed by atoms with Gasteiger partial charge in [-0.05, 0) is 6.42 Å². The molecule has 1 unspecified atom stereocenters. The number of hydrogen-bond donors (Lipinski definition) is 3. The Bertz CT molecular complexity index is 366. The summed E-state index contributed by atoms with van der Waals surface area (Å²) in [6.45, 7) is 4.08. The van der Waals surface area contributed by atoms with Crippen molar-refractivity contribution in [2.45, 2.75) is 103 Å². The van der Waals surface area contributed by atoms with Gasteiger partial charge in [0.2, 0.25) is 5.91 Å². The molecule has 1 rings (SSSR count). The number of amides is 1. The number of hydrogen-bond acceptors (Lipinski definition) is 5. The lowest BCUT2D eigenvalue weighted by Crippen LogP contribution is -2.60. The minimum Gasteiger partial charge on any atom is -0.388 e. The van der Waals surface area contributed by atoms with Crippen LogP contribution in [0.4, 0.5) is 0 Å². The fourth-order valence-electron chi connectivity index (χ4n) is 3.30. The quantitative estimate of drug-likeness (QED) is 0.465. The van der Waals surface area contributed by atoms with Crippen LogP contribution >= 0.6 is 0 Å². The molecule has 1 aliphatic heterocycles. The summed E-state index contributed by atoms with van der Waals surface area (Å²) in [7, 11) is 0. The highest BCUT2D eigenvalue weighted by molar-refractivity contribution is 5.73. The van der Waals surface area contributed by atoms with Crippen LogP contribution in [-0.4, -0.2) is 63.8 Å². The predicted molar refractivity (Wildman–Crippen MR) is 97.0 cm³/mol. The summed E-state index contributed by atoms with van der Waals surface area (Å²) in [4.78, 5) is 13.3. The van der Waals surface area contributed by atoms with E-state index in [1.807, 2.05) is 0 Å². The normalized spacial score (nSPS) is 26.6. The zero-order chi connectivity index (χ0) is 18.7. The van der Waals surface area contributed by atoms with E-state index in [0.717, 1.165) is 19.3 Å². The zero-order valence-corrected chi connectivity index (χ0v) is 15.9. The number of aliphatic hydroxyl groups excluding tert-OH is 3. The van der Waals surface area contributed by atoms with Crippen molar-refractivity contribution >= 4 is 5.91 Å². The maximum atomic E-state index is 11.9. The Labute approximate surface area is 152 Å². The van der Waals surface area contributed by atoms with Crippen LogP contribution in [0.25, 0.3) is 0 Å². The second-order valence-electron chi connectivity index (χ2n) is 7.17. The first-order chi connectivity index (χ1) is 12.0. The van der Waals surface area contributed by atoms with E-state index in [4.69, 9.17) is 4.74 Å². The van der Waals surface area contributed by atoms with E-state index in [0.29, 0.717) is 6.54 Å². The van der Waals surface area contributed by atoms with Gasteiger partial charge in [-0.3, -0.25) is 4.79 Å². The zero-order valence-electron chi connectivity index (χ0n) is 15.9. The molecule has 1 fully saturated rings. The molecule has 6 nitrogen and oxygen atoms in total. The third-order valence-electron chi connectivity index (χ3n) is 4.94. The number of nitrogens with zero attached hydrogens (tertiary/aromatic N) is 1. The van der Waals surface area contributed by atoms with Crippen LogP contribution in [0.3, 0.4) is 0 Å². The fourth-order valence-corrected chi connectivity index (χ4v) is 3.30. The van der Waals surface area contributed by atoms with Crippen LogP contribution in [-0.2, 0) is 9.53 Å². The van der Waals surface area contributed by atoms with Gasteiger partial charge in [-0.25, -0.2) is 0 Å². The molecular formula is C19H37NO5. The number of carbonyl (C=O) groups excluding carboxylic acids is 1. The third kappa shape index (κ3) is 8.03. The molecule has 1 amide bonds. The Morgan fingerprint density at radius 3 is 1.96 bits per heavy atom. The van der Waals surface area contributed by atoms with E-state index in [9.17, 15) is 20.1 Å². The Kier molecular flexibility index (Phi) is 11.3. The van der Waals surface area contributed by atoms with Crippen LogP contribution in [0.1, 0.15) is 78.1 Å². The lowest BCUT2D eigenvalue weighted by Gasteiger charge is -2.41. The molecule has 1 heterocycles. The average molecular weight is 360 g/mol. The highest BCUT2D eigenvalue weighted by Crippen LogP contribution is 2.20. The predicted octanol–water partition coefficient (Wildman–Crippen LogP) is 2.19. The van der Waals surface area contributed by atoms with Crippen molar-refractivity contribution in [3.8, 4) is 0 Å². The van der Waals surface area contributed by atoms with E-state index in [1.54, 1.807) is 0 Å². The van der Waals surface area contributed by atoms with E-state index >= 15 is 0 Å². The molecule has 1 saturated heterocycles. The molecular weight excluding hydrogens is 322 g/mol. The molecule has 4 atom stereocenters. The van der Waals surface area contributed by atoms with Crippen molar-refractivity contribution in [1.82, 2.24) is 4.90 Å². The third-order valence-corrected chi connectivity index (χ3v) is 4.94. The summed E-state index contributed by atoms with van der Waals surface area (Å²) in [6, 6.07) is 0. The molecule has 0 aromatic rings. The topological polar surface area (TPSA) is 90.2 Å². The number of unbranched alkanes of at least 4 members (excludes halogenated alkanes) is 9. The van der Waals surface area contributed by atoms with E-state index in [-0.39, 0.29) is 12.5 Å². The van der Waals surface area contributed by atoms with Crippen LogP contribution in [0, 0.1) is 0 Å². The van der Waals surface area contributed by atoms with Crippen LogP contribution in [0.5, 0.6) is 0 Å². The summed E-state index contributed by atoms with van der Waals surface area (Å²) in [5.74, 6) is -0.191. The Hall–Kier alpha value is -0.690. The maximum absolute atomic E-state index is 11.9. The fraction of sp³-hybridized carbons (Fsp3) is 0.947. The lowest BCUT2D eigenvalue weighted by molar-refractivity contribution is -0.227. The SMILES string of the molecule is CCCCCCCCCCCCN(C(C)=O)C1OC[C@@H](O)[C@H](O)[C@H]1O. The largest absolute Gasteiger partial charge is 0.388 e. The van der Waals surface area contributed by atoms with E-state index in [2.05, 4.69) is 6.92 Å². The summed E-state index contributed by atoms with van der Waals surface area (Å²) in [5, 5.41) is 29.3. The minimum absolute atomic E-state index is 0.0787. The molecule has 0 radical (unpaired) electrons. The number of aliphatic hydroxyl groups is 3. The molecule has 3 N–H and O–H groups in total. The van der Waals surface area contributed by atoms with Crippen molar-refractivity contribution < 1.29 is 24.9 Å².